The summed E-state index contributed by atoms with van der Waals surface area (Å²) in [5.74, 6) is 6.01. The van der Waals surface area contributed by atoms with Gasteiger partial charge in [-0.3, -0.25) is 0 Å². The Balaban J connectivity index is 1.80. The minimum absolute atomic E-state index is 0.627. The molecule has 0 radical (unpaired) electrons. The topological polar surface area (TPSA) is 47.7 Å². The van der Waals surface area contributed by atoms with E-state index in [2.05, 4.69) is 33.8 Å². The molecule has 104 valence electrons. The van der Waals surface area contributed by atoms with Crippen LogP contribution >= 0.6 is 0 Å². The summed E-state index contributed by atoms with van der Waals surface area (Å²) in [5, 5.41) is 0. The highest BCUT2D eigenvalue weighted by atomic mass is 15.3. The van der Waals surface area contributed by atoms with Crippen molar-refractivity contribution in [2.45, 2.75) is 18.9 Å². The summed E-state index contributed by atoms with van der Waals surface area (Å²) in [7, 11) is 0. The fourth-order valence-electron chi connectivity index (χ4n) is 2.71. The third-order valence-electron chi connectivity index (χ3n) is 3.95. The Morgan fingerprint density at radius 1 is 1.10 bits per heavy atom. The van der Waals surface area contributed by atoms with Crippen LogP contribution in [0.15, 0.2) is 61.2 Å². The number of aromatic nitrogens is 3. The Labute approximate surface area is 123 Å². The fraction of sp³-hybridized carbons (Fsp3) is 0.176. The predicted molar refractivity (Wildman–Crippen MR) is 81.7 cm³/mol. The predicted octanol–water partition coefficient (Wildman–Crippen LogP) is 2.55. The van der Waals surface area contributed by atoms with Crippen LogP contribution in [0, 0.1) is 0 Å². The number of nitrogen functional groups attached to an aromatic ring is 1. The molecule has 1 aliphatic carbocycles. The maximum absolute atomic E-state index is 6.01. The van der Waals surface area contributed by atoms with Crippen LogP contribution in [0.2, 0.25) is 0 Å². The molecule has 1 aliphatic rings. The third kappa shape index (κ3) is 2.18. The largest absolute Gasteiger partial charge is 0.328 e. The summed E-state index contributed by atoms with van der Waals surface area (Å²) in [6, 6.07) is 15.0. The second-order valence-electron chi connectivity index (χ2n) is 5.49. The first kappa shape index (κ1) is 12.1. The van der Waals surface area contributed by atoms with Gasteiger partial charge in [-0.15, -0.1) is 0 Å². The second-order valence-corrected chi connectivity index (χ2v) is 5.49. The van der Waals surface area contributed by atoms with E-state index in [1.807, 2.05) is 36.9 Å². The van der Waals surface area contributed by atoms with Crippen molar-refractivity contribution in [2.24, 2.45) is 0 Å². The first-order valence-electron chi connectivity index (χ1n) is 7.21. The molecule has 1 fully saturated rings. The van der Waals surface area contributed by atoms with Crippen LogP contribution in [-0.4, -0.2) is 9.55 Å². The Kier molecular flexibility index (Phi) is 2.74. The van der Waals surface area contributed by atoms with E-state index in [1.165, 1.54) is 24.1 Å². The minimum Gasteiger partial charge on any atom is -0.328 e. The van der Waals surface area contributed by atoms with Crippen LogP contribution in [0.5, 0.6) is 0 Å². The van der Waals surface area contributed by atoms with Crippen molar-refractivity contribution in [3.8, 4) is 22.5 Å². The zero-order chi connectivity index (χ0) is 14.2. The van der Waals surface area contributed by atoms with Gasteiger partial charge < -0.3 is 4.57 Å². The van der Waals surface area contributed by atoms with Gasteiger partial charge in [-0.05, 0) is 31.0 Å². The van der Waals surface area contributed by atoms with Crippen molar-refractivity contribution in [1.29, 1.82) is 0 Å². The number of imidazole rings is 1. The summed E-state index contributed by atoms with van der Waals surface area (Å²) in [6.07, 6.45) is 8.25. The van der Waals surface area contributed by atoms with E-state index >= 15 is 0 Å². The lowest BCUT2D eigenvalue weighted by molar-refractivity contribution is -0.627. The van der Waals surface area contributed by atoms with Crippen molar-refractivity contribution in [2.75, 3.05) is 5.84 Å². The SMILES string of the molecule is N[n+]1ccccc1-c1cccc(-c2cncn2C2CC2)c1. The number of nitrogens with two attached hydrogens (primary N) is 1. The summed E-state index contributed by atoms with van der Waals surface area (Å²) >= 11 is 0. The van der Waals surface area contributed by atoms with E-state index in [0.29, 0.717) is 6.04 Å². The third-order valence-corrected chi connectivity index (χ3v) is 3.95. The molecule has 2 aromatic heterocycles. The van der Waals surface area contributed by atoms with E-state index in [0.717, 1.165) is 11.3 Å². The van der Waals surface area contributed by atoms with E-state index < -0.39 is 0 Å². The van der Waals surface area contributed by atoms with Crippen LogP contribution < -0.4 is 10.5 Å². The molecule has 0 aliphatic heterocycles. The van der Waals surface area contributed by atoms with Gasteiger partial charge in [0, 0.05) is 29.3 Å². The Morgan fingerprint density at radius 3 is 2.76 bits per heavy atom. The average molecular weight is 277 g/mol. The van der Waals surface area contributed by atoms with E-state index in [4.69, 9.17) is 5.84 Å². The summed E-state index contributed by atoms with van der Waals surface area (Å²) < 4.78 is 3.93. The Morgan fingerprint density at radius 2 is 1.95 bits per heavy atom. The van der Waals surface area contributed by atoms with Crippen LogP contribution in [0.4, 0.5) is 0 Å². The van der Waals surface area contributed by atoms with Crippen molar-refractivity contribution in [1.82, 2.24) is 9.55 Å². The number of pyridine rings is 1. The smallest absolute Gasteiger partial charge is 0.242 e. The maximum Gasteiger partial charge on any atom is 0.242 e. The van der Waals surface area contributed by atoms with E-state index in [-0.39, 0.29) is 0 Å². The lowest BCUT2D eigenvalue weighted by atomic mass is 10.1. The Bertz CT molecular complexity index is 787. The molecule has 1 aromatic carbocycles. The lowest BCUT2D eigenvalue weighted by Gasteiger charge is -2.07. The first-order chi connectivity index (χ1) is 10.3. The summed E-state index contributed by atoms with van der Waals surface area (Å²) in [5.41, 5.74) is 4.47. The molecular formula is C17H17N4+. The van der Waals surface area contributed by atoms with E-state index in [9.17, 15) is 0 Å². The molecule has 4 rings (SSSR count). The first-order valence-corrected chi connectivity index (χ1v) is 7.21. The quantitative estimate of drug-likeness (QED) is 0.591. The monoisotopic (exact) mass is 277 g/mol. The molecule has 2 N–H and O–H groups in total. The highest BCUT2D eigenvalue weighted by Crippen LogP contribution is 2.38. The van der Waals surface area contributed by atoms with Gasteiger partial charge in [0.15, 0.2) is 6.20 Å². The lowest BCUT2D eigenvalue weighted by Crippen LogP contribution is -2.45. The molecule has 21 heavy (non-hydrogen) atoms. The molecule has 0 unspecified atom stereocenters. The molecule has 4 nitrogen and oxygen atoms in total. The van der Waals surface area contributed by atoms with Gasteiger partial charge >= 0.3 is 0 Å². The van der Waals surface area contributed by atoms with Crippen molar-refractivity contribution < 1.29 is 4.68 Å². The Hall–Kier alpha value is -2.62. The molecule has 0 saturated heterocycles. The van der Waals surface area contributed by atoms with Crippen LogP contribution in [0.25, 0.3) is 22.5 Å². The van der Waals surface area contributed by atoms with Gasteiger partial charge in [0.25, 0.3) is 0 Å². The van der Waals surface area contributed by atoms with Gasteiger partial charge in [-0.25, -0.2) is 10.8 Å². The van der Waals surface area contributed by atoms with Gasteiger partial charge in [-0.1, -0.05) is 16.8 Å². The van der Waals surface area contributed by atoms with Gasteiger partial charge in [0.2, 0.25) is 5.69 Å². The second kappa shape index (κ2) is 4.74. The van der Waals surface area contributed by atoms with Crippen molar-refractivity contribution >= 4 is 0 Å². The maximum atomic E-state index is 6.01. The van der Waals surface area contributed by atoms with Gasteiger partial charge in [-0.2, -0.15) is 0 Å². The molecule has 1 saturated carbocycles. The normalized spacial score (nSPS) is 14.3. The molecule has 0 bridgehead atoms. The fourth-order valence-corrected chi connectivity index (χ4v) is 2.71. The zero-order valence-corrected chi connectivity index (χ0v) is 11.7. The molecule has 0 amide bonds. The summed E-state index contributed by atoms with van der Waals surface area (Å²) in [4.78, 5) is 4.31. The molecular weight excluding hydrogens is 260 g/mol. The standard InChI is InChI=1S/C17H17N4/c18-21-9-2-1-6-16(21)13-4-3-5-14(10-13)17-11-19-12-20(17)15-7-8-15/h1-6,9-12,15H,7-8,18H2/q+1. The van der Waals surface area contributed by atoms with Crippen molar-refractivity contribution in [3.63, 3.8) is 0 Å². The van der Waals surface area contributed by atoms with Crippen LogP contribution in [0.1, 0.15) is 18.9 Å². The molecule has 3 aromatic rings. The number of benzene rings is 1. The van der Waals surface area contributed by atoms with Crippen LogP contribution in [-0.2, 0) is 0 Å². The number of rotatable bonds is 3. The number of nitrogens with zero attached hydrogens (tertiary/aromatic N) is 3. The highest BCUT2D eigenvalue weighted by Gasteiger charge is 2.25. The van der Waals surface area contributed by atoms with E-state index in [1.54, 1.807) is 4.68 Å². The van der Waals surface area contributed by atoms with Gasteiger partial charge in [0.1, 0.15) is 0 Å². The van der Waals surface area contributed by atoms with Crippen LogP contribution in [0.3, 0.4) is 0 Å². The van der Waals surface area contributed by atoms with Gasteiger partial charge in [0.05, 0.1) is 18.2 Å². The zero-order valence-electron chi connectivity index (χ0n) is 11.7. The summed E-state index contributed by atoms with van der Waals surface area (Å²) in [6.45, 7) is 0. The average Bonchev–Trinajstić information content (AvgIpc) is 3.25. The molecule has 0 spiro atoms. The number of hydrogen-bond acceptors (Lipinski definition) is 2. The van der Waals surface area contributed by atoms with Crippen molar-refractivity contribution in [3.05, 3.63) is 61.2 Å². The molecule has 0 atom stereocenters. The minimum atomic E-state index is 0.627. The highest BCUT2D eigenvalue weighted by molar-refractivity contribution is 5.68. The molecule has 2 heterocycles. The molecule has 4 heteroatoms. The number of hydrogen-bond donors (Lipinski definition) is 1.